The number of amides is 4. The number of benzene rings is 3. The van der Waals surface area contributed by atoms with E-state index in [2.05, 4.69) is 25.0 Å². The number of methoxy groups -OCH3 is 3. The maximum absolute atomic E-state index is 14.2. The number of nitrogens with zero attached hydrogens (tertiary/aromatic N) is 3. The van der Waals surface area contributed by atoms with Gasteiger partial charge in [0, 0.05) is 52.4 Å². The molecule has 0 unspecified atom stereocenters. The largest absolute Gasteiger partial charge is 0.497 e. The zero-order valence-electron chi connectivity index (χ0n) is 34.6. The Morgan fingerprint density at radius 2 is 1.46 bits per heavy atom. The van der Waals surface area contributed by atoms with Gasteiger partial charge in [-0.3, -0.25) is 24.1 Å². The van der Waals surface area contributed by atoms with Gasteiger partial charge in [-0.15, -0.1) is 0 Å². The highest BCUT2D eigenvalue weighted by Gasteiger charge is 2.57. The van der Waals surface area contributed by atoms with E-state index in [4.69, 9.17) is 28.4 Å². The number of nitrogens with one attached hydrogen (secondary N) is 1. The topological polar surface area (TPSA) is 145 Å². The second kappa shape index (κ2) is 15.9. The fourth-order valence-electron chi connectivity index (χ4n) is 8.29. The van der Waals surface area contributed by atoms with E-state index in [0.717, 1.165) is 35.8 Å². The minimum atomic E-state index is -1.37. The molecule has 15 heteroatoms. The van der Waals surface area contributed by atoms with Crippen molar-refractivity contribution in [1.82, 2.24) is 9.80 Å². The van der Waals surface area contributed by atoms with E-state index in [9.17, 15) is 19.2 Å². The summed E-state index contributed by atoms with van der Waals surface area (Å²) in [5.74, 6) is 1.22. The molecule has 1 aliphatic carbocycles. The minimum absolute atomic E-state index is 0.0370. The van der Waals surface area contributed by atoms with Crippen LogP contribution in [0.1, 0.15) is 58.4 Å². The van der Waals surface area contributed by atoms with E-state index in [-0.39, 0.29) is 54.6 Å². The Hall–Kier alpha value is -5.54. The lowest BCUT2D eigenvalue weighted by molar-refractivity contribution is -0.123. The summed E-state index contributed by atoms with van der Waals surface area (Å²) in [6.45, 7) is 8.39. The lowest BCUT2D eigenvalue weighted by Crippen LogP contribution is -2.45. The quantitative estimate of drug-likeness (QED) is 0.135. The van der Waals surface area contributed by atoms with Crippen molar-refractivity contribution in [3.05, 3.63) is 71.4 Å². The van der Waals surface area contributed by atoms with Gasteiger partial charge in [0.05, 0.1) is 57.0 Å². The van der Waals surface area contributed by atoms with Crippen LogP contribution in [0.15, 0.2) is 54.7 Å². The summed E-state index contributed by atoms with van der Waals surface area (Å²) >= 11 is 0. The minimum Gasteiger partial charge on any atom is -0.497 e. The average molecular weight is 825 g/mol. The molecular formula is C44H52N4O10Si. The summed E-state index contributed by atoms with van der Waals surface area (Å²) in [6.07, 6.45) is 5.25. The van der Waals surface area contributed by atoms with Crippen molar-refractivity contribution in [2.75, 3.05) is 64.6 Å². The predicted molar refractivity (Wildman–Crippen MR) is 223 cm³/mol. The highest BCUT2D eigenvalue weighted by Crippen LogP contribution is 2.56. The third-order valence-corrected chi connectivity index (χ3v) is 13.6. The van der Waals surface area contributed by atoms with Crippen molar-refractivity contribution in [1.29, 1.82) is 0 Å². The molecule has 0 radical (unpaired) electrons. The summed E-state index contributed by atoms with van der Waals surface area (Å²) in [5, 5.41) is 2.93. The molecule has 4 amide bonds. The Morgan fingerprint density at radius 1 is 0.780 bits per heavy atom. The highest BCUT2D eigenvalue weighted by atomic mass is 28.3. The Balaban J connectivity index is 0.952. The smallest absolute Gasteiger partial charge is 0.260 e. The Labute approximate surface area is 345 Å². The molecule has 0 aromatic heterocycles. The SMILES string of the molecule is COc1ccc(C2=CN3C(=O)c4cc(OC)c(OCCCOc5cc6c(cc5OC)C(=O)N5CC7(CC7)C[C@H]5C(=O)N6COCC[Si](C)(C)C)cc4NC(=O)[C@@H]3C2)cc1. The van der Waals surface area contributed by atoms with E-state index < -0.39 is 20.2 Å². The molecule has 8 rings (SSSR count). The normalized spacial score (nSPS) is 20.2. The van der Waals surface area contributed by atoms with Gasteiger partial charge < -0.3 is 43.5 Å². The first kappa shape index (κ1) is 40.2. The van der Waals surface area contributed by atoms with Crippen molar-refractivity contribution >= 4 is 48.7 Å². The molecule has 4 aliphatic heterocycles. The summed E-state index contributed by atoms with van der Waals surface area (Å²) in [5.41, 5.74) is 3.27. The van der Waals surface area contributed by atoms with E-state index in [1.807, 2.05) is 24.3 Å². The Bertz CT molecular complexity index is 2200. The second-order valence-corrected chi connectivity index (χ2v) is 22.8. The number of rotatable bonds is 15. The maximum atomic E-state index is 14.2. The van der Waals surface area contributed by atoms with Crippen molar-refractivity contribution in [3.63, 3.8) is 0 Å². The second-order valence-electron chi connectivity index (χ2n) is 17.2. The van der Waals surface area contributed by atoms with Gasteiger partial charge in [0.2, 0.25) is 5.91 Å². The number of carbonyl (C=O) groups is 4. The van der Waals surface area contributed by atoms with Gasteiger partial charge in [-0.1, -0.05) is 31.8 Å². The number of fused-ring (bicyclic) bond motifs is 4. The van der Waals surface area contributed by atoms with Crippen LogP contribution >= 0.6 is 0 Å². The first-order valence-corrected chi connectivity index (χ1v) is 23.9. The van der Waals surface area contributed by atoms with Crippen molar-refractivity contribution in [2.45, 2.75) is 69.9 Å². The standard InChI is InChI=1S/C44H52N4O10Si/c1-53-29-10-8-27(9-11-29)28-18-34-40(49)45-32-21-38(36(54-2)19-30(32)41(50)46(34)24-28)57-14-7-15-58-39-22-33-31(20-37(39)55-3)42(51)47-25-44(12-13-44)23-35(47)43(52)48(33)26-56-16-17-59(4,5)6/h8-11,19-22,24,34-35H,7,12-18,23,25-26H2,1-6H3,(H,45,49)/t34-,35-/m0/s1. The van der Waals surface area contributed by atoms with Crippen molar-refractivity contribution in [3.8, 4) is 28.7 Å². The van der Waals surface area contributed by atoms with Gasteiger partial charge in [0.25, 0.3) is 17.7 Å². The van der Waals surface area contributed by atoms with Gasteiger partial charge in [-0.05, 0) is 66.1 Å². The van der Waals surface area contributed by atoms with Crippen molar-refractivity contribution < 1.29 is 47.6 Å². The molecule has 1 saturated carbocycles. The molecule has 1 spiro atoms. The third-order valence-electron chi connectivity index (χ3n) is 11.9. The molecule has 14 nitrogen and oxygen atoms in total. The summed E-state index contributed by atoms with van der Waals surface area (Å²) < 4.78 is 35.1. The molecule has 59 heavy (non-hydrogen) atoms. The molecule has 3 aromatic rings. The van der Waals surface area contributed by atoms with Crippen LogP contribution in [0, 0.1) is 5.41 Å². The molecule has 0 bridgehead atoms. The van der Waals surface area contributed by atoms with E-state index in [0.29, 0.717) is 72.4 Å². The summed E-state index contributed by atoms with van der Waals surface area (Å²) in [4.78, 5) is 60.4. The van der Waals surface area contributed by atoms with E-state index in [1.165, 1.54) is 19.1 Å². The van der Waals surface area contributed by atoms with Crippen LogP contribution in [-0.2, 0) is 14.3 Å². The monoisotopic (exact) mass is 824 g/mol. The van der Waals surface area contributed by atoms with Gasteiger partial charge in [-0.25, -0.2) is 0 Å². The molecule has 2 atom stereocenters. The van der Waals surface area contributed by atoms with E-state index >= 15 is 0 Å². The number of hydrogen-bond acceptors (Lipinski definition) is 10. The lowest BCUT2D eigenvalue weighted by atomic mass is 10.0. The first-order chi connectivity index (χ1) is 28.3. The number of hydrogen-bond donors (Lipinski definition) is 1. The first-order valence-electron chi connectivity index (χ1n) is 20.2. The molecule has 2 fully saturated rings. The van der Waals surface area contributed by atoms with Gasteiger partial charge in [0.1, 0.15) is 24.6 Å². The molecule has 3 aromatic carbocycles. The highest BCUT2D eigenvalue weighted by molar-refractivity contribution is 6.76. The molecule has 5 aliphatic rings. The maximum Gasteiger partial charge on any atom is 0.260 e. The van der Waals surface area contributed by atoms with Crippen LogP contribution in [0.5, 0.6) is 28.7 Å². The van der Waals surface area contributed by atoms with Crippen LogP contribution < -0.4 is 33.9 Å². The molecule has 1 N–H and O–H groups in total. The summed E-state index contributed by atoms with van der Waals surface area (Å²) in [7, 11) is 3.24. The van der Waals surface area contributed by atoms with E-state index in [1.54, 1.807) is 47.4 Å². The fourth-order valence-corrected chi connectivity index (χ4v) is 9.05. The third kappa shape index (κ3) is 7.97. The molecular weight excluding hydrogens is 773 g/mol. The number of anilines is 2. The van der Waals surface area contributed by atoms with Crippen LogP contribution in [0.25, 0.3) is 5.57 Å². The lowest BCUT2D eigenvalue weighted by Gasteiger charge is -2.26. The molecule has 4 heterocycles. The van der Waals surface area contributed by atoms with Crippen LogP contribution in [0.3, 0.4) is 0 Å². The van der Waals surface area contributed by atoms with Gasteiger partial charge in [0.15, 0.2) is 23.0 Å². The van der Waals surface area contributed by atoms with Crippen molar-refractivity contribution in [2.24, 2.45) is 5.41 Å². The van der Waals surface area contributed by atoms with Gasteiger partial charge in [-0.2, -0.15) is 0 Å². The van der Waals surface area contributed by atoms with Crippen LogP contribution in [0.2, 0.25) is 25.7 Å². The summed E-state index contributed by atoms with van der Waals surface area (Å²) in [6, 6.07) is 13.8. The zero-order valence-corrected chi connectivity index (χ0v) is 35.6. The fraction of sp³-hybridized carbons (Fsp3) is 0.455. The Kier molecular flexibility index (Phi) is 10.8. The zero-order chi connectivity index (χ0) is 41.6. The average Bonchev–Trinajstić information content (AvgIpc) is 3.69. The van der Waals surface area contributed by atoms with Gasteiger partial charge >= 0.3 is 0 Å². The molecule has 1 saturated heterocycles. The Morgan fingerprint density at radius 3 is 2.10 bits per heavy atom. The molecule has 312 valence electrons. The number of ether oxygens (including phenoxy) is 6. The predicted octanol–water partition coefficient (Wildman–Crippen LogP) is 6.42. The van der Waals surface area contributed by atoms with Crippen LogP contribution in [-0.4, -0.2) is 108 Å². The van der Waals surface area contributed by atoms with Crippen LogP contribution in [0.4, 0.5) is 11.4 Å². The number of carbonyl (C=O) groups excluding carboxylic acids is 4.